The molecule has 25 heavy (non-hydrogen) atoms. The summed E-state index contributed by atoms with van der Waals surface area (Å²) in [6.45, 7) is 1.24. The summed E-state index contributed by atoms with van der Waals surface area (Å²) in [6, 6.07) is 13.4. The molecule has 6 heteroatoms. The van der Waals surface area contributed by atoms with Gasteiger partial charge in [-0.3, -0.25) is 4.79 Å². The molecule has 0 aromatic heterocycles. The summed E-state index contributed by atoms with van der Waals surface area (Å²) >= 11 is 0. The highest BCUT2D eigenvalue weighted by molar-refractivity contribution is 6.00. The van der Waals surface area contributed by atoms with Crippen molar-refractivity contribution in [1.29, 1.82) is 0 Å². The Labute approximate surface area is 146 Å². The third-order valence-corrected chi connectivity index (χ3v) is 3.47. The van der Waals surface area contributed by atoms with Crippen LogP contribution in [-0.2, 0) is 9.53 Å². The van der Waals surface area contributed by atoms with E-state index < -0.39 is 12.1 Å². The summed E-state index contributed by atoms with van der Waals surface area (Å²) in [5, 5.41) is 0. The molecule has 0 unspecified atom stereocenters. The summed E-state index contributed by atoms with van der Waals surface area (Å²) in [6.07, 6.45) is -0.902. The third kappa shape index (κ3) is 5.24. The zero-order chi connectivity index (χ0) is 18.2. The van der Waals surface area contributed by atoms with Crippen LogP contribution < -0.4 is 14.2 Å². The van der Waals surface area contributed by atoms with E-state index in [1.807, 2.05) is 0 Å². The van der Waals surface area contributed by atoms with Gasteiger partial charge in [-0.1, -0.05) is 0 Å². The van der Waals surface area contributed by atoms with E-state index in [4.69, 9.17) is 18.9 Å². The lowest BCUT2D eigenvalue weighted by Crippen LogP contribution is -2.27. The predicted molar refractivity (Wildman–Crippen MR) is 91.4 cm³/mol. The van der Waals surface area contributed by atoms with E-state index in [-0.39, 0.29) is 12.4 Å². The summed E-state index contributed by atoms with van der Waals surface area (Å²) in [7, 11) is 3.11. The van der Waals surface area contributed by atoms with Crippen molar-refractivity contribution < 1.29 is 28.5 Å². The minimum absolute atomic E-state index is 0.285. The first kappa shape index (κ1) is 18.3. The van der Waals surface area contributed by atoms with Gasteiger partial charge < -0.3 is 18.9 Å². The highest BCUT2D eigenvalue weighted by Crippen LogP contribution is 2.17. The molecular formula is C19H20O6. The van der Waals surface area contributed by atoms with Crippen molar-refractivity contribution in [1.82, 2.24) is 0 Å². The van der Waals surface area contributed by atoms with Crippen LogP contribution in [0.2, 0.25) is 0 Å². The van der Waals surface area contributed by atoms with Crippen molar-refractivity contribution in [3.63, 3.8) is 0 Å². The summed E-state index contributed by atoms with van der Waals surface area (Å²) in [4.78, 5) is 24.1. The molecule has 0 radical (unpaired) electrons. The lowest BCUT2D eigenvalue weighted by atomic mass is 10.1. The molecule has 6 nitrogen and oxygen atoms in total. The highest BCUT2D eigenvalue weighted by atomic mass is 16.6. The minimum atomic E-state index is -0.902. The van der Waals surface area contributed by atoms with Crippen LogP contribution in [0.1, 0.15) is 17.3 Å². The van der Waals surface area contributed by atoms with Gasteiger partial charge in [0.05, 0.1) is 14.2 Å². The number of carbonyl (C=O) groups excluding carboxylic acids is 2. The number of esters is 1. The Kier molecular flexibility index (Phi) is 6.39. The molecule has 132 valence electrons. The molecule has 0 aliphatic heterocycles. The van der Waals surface area contributed by atoms with E-state index in [0.717, 1.165) is 0 Å². The van der Waals surface area contributed by atoms with E-state index >= 15 is 0 Å². The molecule has 2 rings (SSSR count). The number of hydrogen-bond donors (Lipinski definition) is 0. The van der Waals surface area contributed by atoms with E-state index in [1.54, 1.807) is 62.8 Å². The van der Waals surface area contributed by atoms with Crippen molar-refractivity contribution in [2.45, 2.75) is 13.0 Å². The van der Waals surface area contributed by atoms with Gasteiger partial charge in [0.25, 0.3) is 0 Å². The lowest BCUT2D eigenvalue weighted by Gasteiger charge is -2.13. The van der Waals surface area contributed by atoms with Gasteiger partial charge in [-0.15, -0.1) is 0 Å². The Balaban J connectivity index is 1.84. The largest absolute Gasteiger partial charge is 0.497 e. The fraction of sp³-hybridized carbons (Fsp3) is 0.263. The minimum Gasteiger partial charge on any atom is -0.497 e. The van der Waals surface area contributed by atoms with Gasteiger partial charge in [0.15, 0.2) is 12.7 Å². The second kappa shape index (κ2) is 8.73. The molecule has 2 aromatic rings. The Morgan fingerprint density at radius 2 is 1.32 bits per heavy atom. The first-order valence-corrected chi connectivity index (χ1v) is 7.68. The number of ether oxygens (including phenoxy) is 4. The molecule has 0 aliphatic carbocycles. The SMILES string of the molecule is COc1ccc(OCC(=O)O[C@H](C)C(=O)c2ccc(OC)cc2)cc1. The second-order valence-corrected chi connectivity index (χ2v) is 5.19. The van der Waals surface area contributed by atoms with Crippen LogP contribution in [-0.4, -0.2) is 38.7 Å². The molecule has 0 fully saturated rings. The zero-order valence-corrected chi connectivity index (χ0v) is 14.4. The van der Waals surface area contributed by atoms with Crippen LogP contribution in [0.25, 0.3) is 0 Å². The van der Waals surface area contributed by atoms with Crippen molar-refractivity contribution in [3.05, 3.63) is 54.1 Å². The second-order valence-electron chi connectivity index (χ2n) is 5.19. The van der Waals surface area contributed by atoms with Gasteiger partial charge >= 0.3 is 5.97 Å². The highest BCUT2D eigenvalue weighted by Gasteiger charge is 2.19. The van der Waals surface area contributed by atoms with E-state index in [9.17, 15) is 9.59 Å². The summed E-state index contributed by atoms with van der Waals surface area (Å²) < 4.78 is 20.5. The van der Waals surface area contributed by atoms with Crippen molar-refractivity contribution in [2.24, 2.45) is 0 Å². The molecule has 2 aromatic carbocycles. The molecule has 0 aliphatic rings. The Hall–Kier alpha value is -3.02. The van der Waals surface area contributed by atoms with E-state index in [0.29, 0.717) is 22.8 Å². The van der Waals surface area contributed by atoms with Gasteiger partial charge in [0.2, 0.25) is 5.78 Å². The van der Waals surface area contributed by atoms with Gasteiger partial charge in [0, 0.05) is 5.56 Å². The molecule has 0 N–H and O–H groups in total. The average Bonchev–Trinajstić information content (AvgIpc) is 2.66. The monoisotopic (exact) mass is 344 g/mol. The fourth-order valence-electron chi connectivity index (χ4n) is 2.09. The molecule has 0 spiro atoms. The molecular weight excluding hydrogens is 324 g/mol. The fourth-order valence-corrected chi connectivity index (χ4v) is 2.09. The molecule has 0 saturated heterocycles. The van der Waals surface area contributed by atoms with E-state index in [1.165, 1.54) is 6.92 Å². The number of Topliss-reactive ketones (excluding diaryl/α,β-unsaturated/α-hetero) is 1. The maximum atomic E-state index is 12.3. The molecule has 0 amide bonds. The van der Waals surface area contributed by atoms with Gasteiger partial charge in [0.1, 0.15) is 17.2 Å². The average molecular weight is 344 g/mol. The Morgan fingerprint density at radius 1 is 0.840 bits per heavy atom. The van der Waals surface area contributed by atoms with Gasteiger partial charge in [-0.2, -0.15) is 0 Å². The number of ketones is 1. The molecule has 0 saturated carbocycles. The third-order valence-electron chi connectivity index (χ3n) is 3.47. The maximum absolute atomic E-state index is 12.3. The molecule has 0 heterocycles. The number of rotatable bonds is 8. The standard InChI is InChI=1S/C19H20O6/c1-13(19(21)14-4-6-15(22-2)7-5-14)25-18(20)12-24-17-10-8-16(23-3)9-11-17/h4-11,13H,12H2,1-3H3/t13-/m1/s1. The first-order chi connectivity index (χ1) is 12.0. The topological polar surface area (TPSA) is 71.1 Å². The van der Waals surface area contributed by atoms with Crippen molar-refractivity contribution in [2.75, 3.05) is 20.8 Å². The van der Waals surface area contributed by atoms with Crippen LogP contribution in [0.3, 0.4) is 0 Å². The lowest BCUT2D eigenvalue weighted by molar-refractivity contribution is -0.148. The smallest absolute Gasteiger partial charge is 0.344 e. The maximum Gasteiger partial charge on any atom is 0.344 e. The zero-order valence-electron chi connectivity index (χ0n) is 14.4. The van der Waals surface area contributed by atoms with Crippen LogP contribution in [0.15, 0.2) is 48.5 Å². The first-order valence-electron chi connectivity index (χ1n) is 7.68. The van der Waals surface area contributed by atoms with Crippen molar-refractivity contribution in [3.8, 4) is 17.2 Å². The van der Waals surface area contributed by atoms with Crippen LogP contribution >= 0.6 is 0 Å². The number of hydrogen-bond acceptors (Lipinski definition) is 6. The normalized spacial score (nSPS) is 11.3. The van der Waals surface area contributed by atoms with Gasteiger partial charge in [-0.05, 0) is 55.5 Å². The quantitative estimate of drug-likeness (QED) is 0.542. The summed E-state index contributed by atoms with van der Waals surface area (Å²) in [5.74, 6) is 0.931. The van der Waals surface area contributed by atoms with Crippen LogP contribution in [0, 0.1) is 0 Å². The molecule has 1 atom stereocenters. The Morgan fingerprint density at radius 3 is 1.84 bits per heavy atom. The van der Waals surface area contributed by atoms with Crippen molar-refractivity contribution >= 4 is 11.8 Å². The van der Waals surface area contributed by atoms with Gasteiger partial charge in [-0.25, -0.2) is 4.79 Å². The molecule has 0 bridgehead atoms. The van der Waals surface area contributed by atoms with Crippen LogP contribution in [0.4, 0.5) is 0 Å². The number of carbonyl (C=O) groups is 2. The Bertz CT molecular complexity index is 706. The number of benzene rings is 2. The van der Waals surface area contributed by atoms with E-state index in [2.05, 4.69) is 0 Å². The van der Waals surface area contributed by atoms with Crippen LogP contribution in [0.5, 0.6) is 17.2 Å². The summed E-state index contributed by atoms with van der Waals surface area (Å²) in [5.41, 5.74) is 0.442. The predicted octanol–water partition coefficient (Wildman–Crippen LogP) is 2.90. The number of methoxy groups -OCH3 is 2.